The van der Waals surface area contributed by atoms with Crippen LogP contribution in [0, 0.1) is 5.92 Å². The first kappa shape index (κ1) is 14.4. The number of aliphatic hydroxyl groups excluding tert-OH is 1. The van der Waals surface area contributed by atoms with Crippen molar-refractivity contribution in [1.82, 2.24) is 10.6 Å². The van der Waals surface area contributed by atoms with E-state index >= 15 is 0 Å². The summed E-state index contributed by atoms with van der Waals surface area (Å²) >= 11 is 0. The minimum Gasteiger partial charge on any atom is -0.480 e. The molecule has 0 aliphatic carbocycles. The molecule has 0 rings (SSSR count). The normalized spacial score (nSPS) is 12.0. The summed E-state index contributed by atoms with van der Waals surface area (Å²) in [6.07, 6.45) is 0. The maximum atomic E-state index is 11.2. The van der Waals surface area contributed by atoms with Gasteiger partial charge in [0.15, 0.2) is 0 Å². The molecule has 7 heteroatoms. The van der Waals surface area contributed by atoms with Gasteiger partial charge < -0.3 is 20.8 Å². The summed E-state index contributed by atoms with van der Waals surface area (Å²) < 4.78 is 0. The molecule has 4 N–H and O–H groups in total. The largest absolute Gasteiger partial charge is 0.480 e. The summed E-state index contributed by atoms with van der Waals surface area (Å²) in [6.45, 7) is 2.26. The molecule has 7 nitrogen and oxygen atoms in total. The van der Waals surface area contributed by atoms with E-state index in [-0.39, 0.29) is 12.5 Å². The third kappa shape index (κ3) is 5.30. The molecule has 0 aliphatic rings. The van der Waals surface area contributed by atoms with Crippen molar-refractivity contribution in [2.45, 2.75) is 19.9 Å². The molecule has 0 unspecified atom stereocenters. The number of hydrogen-bond acceptors (Lipinski definition) is 4. The van der Waals surface area contributed by atoms with Crippen molar-refractivity contribution in [1.29, 1.82) is 0 Å². The average Bonchev–Trinajstić information content (AvgIpc) is 2.21. The lowest BCUT2D eigenvalue weighted by Crippen LogP contribution is -2.48. The van der Waals surface area contributed by atoms with Gasteiger partial charge in [-0.1, -0.05) is 13.8 Å². The van der Waals surface area contributed by atoms with Crippen LogP contribution in [0.1, 0.15) is 13.8 Å². The molecule has 92 valence electrons. The minimum absolute atomic E-state index is 0.255. The fourth-order valence-corrected chi connectivity index (χ4v) is 0.973. The number of aliphatic hydroxyl groups is 1. The standard InChI is InChI=1S/C9H16N2O5/c1-5(2)8(9(15)16)11-6(13)3-10-7(14)4-12/h5,8,12H,3-4H2,1-2H3,(H,10,14)(H,11,13)(H,15,16)/t8-/m0/s1. The molecular weight excluding hydrogens is 216 g/mol. The van der Waals surface area contributed by atoms with Gasteiger partial charge in [0.05, 0.1) is 6.54 Å². The average molecular weight is 232 g/mol. The molecule has 0 saturated heterocycles. The van der Waals surface area contributed by atoms with Crippen LogP contribution < -0.4 is 10.6 Å². The first-order chi connectivity index (χ1) is 7.38. The second-order valence-electron chi connectivity index (χ2n) is 3.56. The highest BCUT2D eigenvalue weighted by molar-refractivity contribution is 5.88. The topological polar surface area (TPSA) is 116 Å². The number of carboxylic acids is 1. The number of aliphatic carboxylic acids is 1. The first-order valence-corrected chi connectivity index (χ1v) is 4.78. The molecule has 0 fully saturated rings. The van der Waals surface area contributed by atoms with Gasteiger partial charge in [0.1, 0.15) is 12.6 Å². The van der Waals surface area contributed by atoms with Gasteiger partial charge >= 0.3 is 5.97 Å². The van der Waals surface area contributed by atoms with E-state index in [2.05, 4.69) is 10.6 Å². The molecule has 16 heavy (non-hydrogen) atoms. The molecule has 0 aliphatic heterocycles. The number of amides is 2. The Morgan fingerprint density at radius 2 is 1.75 bits per heavy atom. The van der Waals surface area contributed by atoms with Gasteiger partial charge in [0.2, 0.25) is 11.8 Å². The molecule has 0 heterocycles. The molecule has 1 atom stereocenters. The molecule has 0 bridgehead atoms. The predicted molar refractivity (Wildman–Crippen MR) is 54.5 cm³/mol. The highest BCUT2D eigenvalue weighted by Gasteiger charge is 2.23. The van der Waals surface area contributed by atoms with Gasteiger partial charge in [-0.05, 0) is 5.92 Å². The van der Waals surface area contributed by atoms with Gasteiger partial charge in [-0.25, -0.2) is 4.79 Å². The quantitative estimate of drug-likeness (QED) is 0.436. The van der Waals surface area contributed by atoms with Crippen molar-refractivity contribution in [2.24, 2.45) is 5.92 Å². The molecule has 0 spiro atoms. The Labute approximate surface area is 92.8 Å². The van der Waals surface area contributed by atoms with E-state index in [9.17, 15) is 14.4 Å². The Hall–Kier alpha value is -1.63. The van der Waals surface area contributed by atoms with Crippen molar-refractivity contribution in [3.8, 4) is 0 Å². The SMILES string of the molecule is CC(C)[C@H](NC(=O)CNC(=O)CO)C(=O)O. The number of carboxylic acid groups (broad SMARTS) is 1. The van der Waals surface area contributed by atoms with E-state index in [1.54, 1.807) is 13.8 Å². The van der Waals surface area contributed by atoms with Crippen LogP contribution in [0.15, 0.2) is 0 Å². The third-order valence-corrected chi connectivity index (χ3v) is 1.84. The van der Waals surface area contributed by atoms with E-state index in [1.807, 2.05) is 0 Å². The fraction of sp³-hybridized carbons (Fsp3) is 0.667. The van der Waals surface area contributed by atoms with Gasteiger partial charge in [0, 0.05) is 0 Å². The fourth-order valence-electron chi connectivity index (χ4n) is 0.973. The second kappa shape index (κ2) is 6.78. The van der Waals surface area contributed by atoms with Gasteiger partial charge in [-0.2, -0.15) is 0 Å². The molecule has 2 amide bonds. The zero-order valence-electron chi connectivity index (χ0n) is 9.19. The smallest absolute Gasteiger partial charge is 0.326 e. The highest BCUT2D eigenvalue weighted by atomic mass is 16.4. The molecular formula is C9H16N2O5. The number of carbonyl (C=O) groups excluding carboxylic acids is 2. The highest BCUT2D eigenvalue weighted by Crippen LogP contribution is 2.00. The maximum absolute atomic E-state index is 11.2. The van der Waals surface area contributed by atoms with Crippen LogP contribution in [0.5, 0.6) is 0 Å². The van der Waals surface area contributed by atoms with Gasteiger partial charge in [0.25, 0.3) is 0 Å². The van der Waals surface area contributed by atoms with Crippen molar-refractivity contribution in [2.75, 3.05) is 13.2 Å². The lowest BCUT2D eigenvalue weighted by atomic mass is 10.1. The van der Waals surface area contributed by atoms with E-state index in [0.717, 1.165) is 0 Å². The summed E-state index contributed by atoms with van der Waals surface area (Å²) in [5.74, 6) is -2.68. The molecule has 0 aromatic rings. The zero-order chi connectivity index (χ0) is 12.7. The van der Waals surface area contributed by atoms with Crippen LogP contribution in [-0.2, 0) is 14.4 Å². The van der Waals surface area contributed by atoms with Gasteiger partial charge in [-0.15, -0.1) is 0 Å². The Morgan fingerprint density at radius 1 is 1.19 bits per heavy atom. The van der Waals surface area contributed by atoms with E-state index in [1.165, 1.54) is 0 Å². The number of hydrogen-bond donors (Lipinski definition) is 4. The lowest BCUT2D eigenvalue weighted by Gasteiger charge is -2.17. The van der Waals surface area contributed by atoms with Crippen molar-refractivity contribution >= 4 is 17.8 Å². The summed E-state index contributed by atoms with van der Waals surface area (Å²) in [5, 5.41) is 21.5. The van der Waals surface area contributed by atoms with Gasteiger partial charge in [-0.3, -0.25) is 9.59 Å². The Balaban J connectivity index is 4.11. The lowest BCUT2D eigenvalue weighted by molar-refractivity contribution is -0.143. The van der Waals surface area contributed by atoms with E-state index in [4.69, 9.17) is 10.2 Å². The first-order valence-electron chi connectivity index (χ1n) is 4.78. The predicted octanol–water partition coefficient (Wildman–Crippen LogP) is -1.68. The van der Waals surface area contributed by atoms with Crippen LogP contribution >= 0.6 is 0 Å². The Kier molecular flexibility index (Phi) is 6.09. The number of rotatable bonds is 6. The van der Waals surface area contributed by atoms with E-state index in [0.29, 0.717) is 0 Å². The maximum Gasteiger partial charge on any atom is 0.326 e. The third-order valence-electron chi connectivity index (χ3n) is 1.84. The second-order valence-corrected chi connectivity index (χ2v) is 3.56. The summed E-state index contributed by atoms with van der Waals surface area (Å²) in [6, 6.07) is -0.987. The Morgan fingerprint density at radius 3 is 2.12 bits per heavy atom. The summed E-state index contributed by atoms with van der Waals surface area (Å²) in [5.41, 5.74) is 0. The van der Waals surface area contributed by atoms with Crippen LogP contribution in [0.2, 0.25) is 0 Å². The van der Waals surface area contributed by atoms with Crippen molar-refractivity contribution in [3.05, 3.63) is 0 Å². The van der Waals surface area contributed by atoms with Crippen LogP contribution in [0.3, 0.4) is 0 Å². The van der Waals surface area contributed by atoms with Crippen LogP contribution in [0.25, 0.3) is 0 Å². The molecule has 0 aromatic heterocycles. The molecule has 0 radical (unpaired) electrons. The summed E-state index contributed by atoms with van der Waals surface area (Å²) in [7, 11) is 0. The number of carbonyl (C=O) groups is 3. The van der Waals surface area contributed by atoms with Crippen molar-refractivity contribution < 1.29 is 24.6 Å². The van der Waals surface area contributed by atoms with Crippen LogP contribution in [0.4, 0.5) is 0 Å². The number of nitrogens with one attached hydrogen (secondary N) is 2. The molecule has 0 aromatic carbocycles. The van der Waals surface area contributed by atoms with Crippen molar-refractivity contribution in [3.63, 3.8) is 0 Å². The minimum atomic E-state index is -1.13. The Bertz CT molecular complexity index is 277. The van der Waals surface area contributed by atoms with E-state index < -0.39 is 30.4 Å². The monoisotopic (exact) mass is 232 g/mol. The summed E-state index contributed by atoms with van der Waals surface area (Å²) in [4.78, 5) is 32.6. The van der Waals surface area contributed by atoms with Crippen LogP contribution in [-0.4, -0.2) is 47.2 Å². The zero-order valence-corrected chi connectivity index (χ0v) is 9.19. The molecule has 0 saturated carbocycles.